The van der Waals surface area contributed by atoms with Gasteiger partial charge in [0.2, 0.25) is 5.43 Å². The van der Waals surface area contributed by atoms with Gasteiger partial charge in [-0.25, -0.2) is 4.79 Å². The number of pyridine rings is 1. The molecule has 120 valence electrons. The van der Waals surface area contributed by atoms with E-state index in [2.05, 4.69) is 0 Å². The standard InChI is InChI=1S/C15H20N2O5/c1-9-8-10(18)12(19)11(17(9)2)13(20)22-15(14(16)21)6-4-3-5-7-15/h8,19H,3-7H2,1-2H3,(H2,16,21). The maximum Gasteiger partial charge on any atom is 0.360 e. The molecule has 1 aliphatic carbocycles. The number of nitrogens with two attached hydrogens (primary N) is 1. The average molecular weight is 308 g/mol. The van der Waals surface area contributed by atoms with Gasteiger partial charge in [0.25, 0.3) is 5.91 Å². The van der Waals surface area contributed by atoms with Gasteiger partial charge in [-0.2, -0.15) is 0 Å². The fourth-order valence-corrected chi connectivity index (χ4v) is 2.79. The maximum absolute atomic E-state index is 12.4. The summed E-state index contributed by atoms with van der Waals surface area (Å²) in [7, 11) is 1.53. The molecule has 0 spiro atoms. The van der Waals surface area contributed by atoms with Gasteiger partial charge < -0.3 is 20.1 Å². The first-order chi connectivity index (χ1) is 10.3. The molecular weight excluding hydrogens is 288 g/mol. The largest absolute Gasteiger partial charge is 0.502 e. The number of carbonyl (C=O) groups is 2. The van der Waals surface area contributed by atoms with E-state index in [9.17, 15) is 19.5 Å². The van der Waals surface area contributed by atoms with Gasteiger partial charge in [-0.05, 0) is 32.6 Å². The molecule has 0 radical (unpaired) electrons. The lowest BCUT2D eigenvalue weighted by atomic mass is 9.84. The van der Waals surface area contributed by atoms with Crippen LogP contribution in [0.2, 0.25) is 0 Å². The molecule has 1 saturated carbocycles. The first kappa shape index (κ1) is 16.1. The molecule has 0 atom stereocenters. The zero-order valence-electron chi connectivity index (χ0n) is 12.7. The predicted octanol–water partition coefficient (Wildman–Crippen LogP) is 0.744. The molecule has 1 aliphatic rings. The smallest absolute Gasteiger partial charge is 0.360 e. The highest BCUT2D eigenvalue weighted by Crippen LogP contribution is 2.32. The van der Waals surface area contributed by atoms with Crippen molar-refractivity contribution in [3.63, 3.8) is 0 Å². The third-order valence-electron chi connectivity index (χ3n) is 4.25. The Bertz CT molecular complexity index is 671. The molecule has 1 fully saturated rings. The number of aryl methyl sites for hydroxylation is 1. The third-order valence-corrected chi connectivity index (χ3v) is 4.25. The molecular formula is C15H20N2O5. The summed E-state index contributed by atoms with van der Waals surface area (Å²) >= 11 is 0. The first-order valence-corrected chi connectivity index (χ1v) is 7.21. The molecule has 1 heterocycles. The molecule has 1 amide bonds. The number of primary amides is 1. The lowest BCUT2D eigenvalue weighted by Gasteiger charge is -2.33. The number of nitrogens with zero attached hydrogens (tertiary/aromatic N) is 1. The Hall–Kier alpha value is -2.31. The van der Waals surface area contributed by atoms with E-state index in [4.69, 9.17) is 10.5 Å². The molecule has 7 heteroatoms. The van der Waals surface area contributed by atoms with Crippen LogP contribution in [0.1, 0.15) is 48.3 Å². The summed E-state index contributed by atoms with van der Waals surface area (Å²) in [6.45, 7) is 1.63. The van der Waals surface area contributed by atoms with Crippen LogP contribution in [0, 0.1) is 6.92 Å². The Morgan fingerprint density at radius 3 is 2.45 bits per heavy atom. The second kappa shape index (κ2) is 5.82. The summed E-state index contributed by atoms with van der Waals surface area (Å²) < 4.78 is 6.72. The fourth-order valence-electron chi connectivity index (χ4n) is 2.79. The van der Waals surface area contributed by atoms with Crippen LogP contribution in [-0.4, -0.2) is 27.2 Å². The molecule has 22 heavy (non-hydrogen) atoms. The highest BCUT2D eigenvalue weighted by atomic mass is 16.6. The zero-order valence-corrected chi connectivity index (χ0v) is 12.7. The summed E-state index contributed by atoms with van der Waals surface area (Å²) in [5.41, 5.74) is 3.62. The summed E-state index contributed by atoms with van der Waals surface area (Å²) in [5, 5.41) is 9.87. The topological polar surface area (TPSA) is 112 Å². The Balaban J connectivity index is 2.40. The highest BCUT2D eigenvalue weighted by Gasteiger charge is 2.42. The van der Waals surface area contributed by atoms with Gasteiger partial charge in [-0.1, -0.05) is 6.42 Å². The van der Waals surface area contributed by atoms with E-state index < -0.39 is 28.7 Å². The SMILES string of the molecule is Cc1cc(=O)c(O)c(C(=O)OC2(C(N)=O)CCCCC2)n1C. The van der Waals surface area contributed by atoms with Crippen molar-refractivity contribution >= 4 is 11.9 Å². The van der Waals surface area contributed by atoms with Crippen LogP contribution in [0.25, 0.3) is 0 Å². The molecule has 3 N–H and O–H groups in total. The van der Waals surface area contributed by atoms with E-state index >= 15 is 0 Å². The molecule has 0 unspecified atom stereocenters. The van der Waals surface area contributed by atoms with E-state index in [0.717, 1.165) is 19.3 Å². The van der Waals surface area contributed by atoms with Gasteiger partial charge in [-0.15, -0.1) is 0 Å². The maximum atomic E-state index is 12.4. The molecule has 0 aromatic carbocycles. The number of esters is 1. The van der Waals surface area contributed by atoms with Crippen LogP contribution < -0.4 is 11.2 Å². The van der Waals surface area contributed by atoms with Gasteiger partial charge in [0.1, 0.15) is 0 Å². The van der Waals surface area contributed by atoms with Crippen LogP contribution in [-0.2, 0) is 16.6 Å². The minimum absolute atomic E-state index is 0.267. The number of rotatable bonds is 3. The Kier molecular flexibility index (Phi) is 4.25. The molecule has 0 bridgehead atoms. The first-order valence-electron chi connectivity index (χ1n) is 7.21. The van der Waals surface area contributed by atoms with Gasteiger partial charge >= 0.3 is 5.97 Å². The van der Waals surface area contributed by atoms with Crippen molar-refractivity contribution in [1.82, 2.24) is 4.57 Å². The van der Waals surface area contributed by atoms with Crippen molar-refractivity contribution in [2.24, 2.45) is 12.8 Å². The van der Waals surface area contributed by atoms with Gasteiger partial charge in [0.15, 0.2) is 17.0 Å². The molecule has 0 aliphatic heterocycles. The van der Waals surface area contributed by atoms with Gasteiger partial charge in [-0.3, -0.25) is 9.59 Å². The Morgan fingerprint density at radius 1 is 1.32 bits per heavy atom. The van der Waals surface area contributed by atoms with Crippen molar-refractivity contribution in [3.8, 4) is 5.75 Å². The number of hydrogen-bond donors (Lipinski definition) is 2. The van der Waals surface area contributed by atoms with Crippen LogP contribution in [0.15, 0.2) is 10.9 Å². The number of hydrogen-bond acceptors (Lipinski definition) is 5. The van der Waals surface area contributed by atoms with E-state index in [-0.39, 0.29) is 5.69 Å². The summed E-state index contributed by atoms with van der Waals surface area (Å²) in [6.07, 6.45) is 3.12. The minimum Gasteiger partial charge on any atom is -0.502 e. The molecule has 2 rings (SSSR count). The molecule has 1 aromatic heterocycles. The number of amides is 1. The zero-order chi connectivity index (χ0) is 16.5. The van der Waals surface area contributed by atoms with Crippen molar-refractivity contribution in [2.45, 2.75) is 44.6 Å². The monoisotopic (exact) mass is 308 g/mol. The Labute approximate surface area is 127 Å². The van der Waals surface area contributed by atoms with Crippen molar-refractivity contribution < 1.29 is 19.4 Å². The summed E-state index contributed by atoms with van der Waals surface area (Å²) in [4.78, 5) is 35.8. The van der Waals surface area contributed by atoms with Crippen molar-refractivity contribution in [3.05, 3.63) is 27.7 Å². The van der Waals surface area contributed by atoms with Crippen LogP contribution in [0.4, 0.5) is 0 Å². The van der Waals surface area contributed by atoms with E-state index in [1.165, 1.54) is 17.7 Å². The number of carbonyl (C=O) groups excluding carboxylic acids is 2. The van der Waals surface area contributed by atoms with E-state index in [0.29, 0.717) is 18.5 Å². The molecule has 7 nitrogen and oxygen atoms in total. The number of aromatic hydroxyl groups is 1. The fraction of sp³-hybridized carbons (Fsp3) is 0.533. The van der Waals surface area contributed by atoms with Crippen molar-refractivity contribution in [1.29, 1.82) is 0 Å². The van der Waals surface area contributed by atoms with Crippen molar-refractivity contribution in [2.75, 3.05) is 0 Å². The summed E-state index contributed by atoms with van der Waals surface area (Å²) in [6, 6.07) is 1.22. The lowest BCUT2D eigenvalue weighted by Crippen LogP contribution is -2.49. The molecule has 1 aromatic rings. The minimum atomic E-state index is -1.36. The second-order valence-corrected chi connectivity index (χ2v) is 5.71. The van der Waals surface area contributed by atoms with Gasteiger partial charge in [0, 0.05) is 18.8 Å². The average Bonchev–Trinajstić information content (AvgIpc) is 2.46. The van der Waals surface area contributed by atoms with Crippen LogP contribution >= 0.6 is 0 Å². The number of ether oxygens (including phenoxy) is 1. The Morgan fingerprint density at radius 2 is 1.91 bits per heavy atom. The highest BCUT2D eigenvalue weighted by molar-refractivity contribution is 5.94. The van der Waals surface area contributed by atoms with Gasteiger partial charge in [0.05, 0.1) is 0 Å². The van der Waals surface area contributed by atoms with E-state index in [1.807, 2.05) is 0 Å². The lowest BCUT2D eigenvalue weighted by molar-refractivity contribution is -0.140. The van der Waals surface area contributed by atoms with Crippen LogP contribution in [0.5, 0.6) is 5.75 Å². The van der Waals surface area contributed by atoms with Crippen LogP contribution in [0.3, 0.4) is 0 Å². The second-order valence-electron chi connectivity index (χ2n) is 5.71. The molecule has 0 saturated heterocycles. The van der Waals surface area contributed by atoms with E-state index in [1.54, 1.807) is 6.92 Å². The third kappa shape index (κ3) is 2.70. The number of aromatic nitrogens is 1. The predicted molar refractivity (Wildman–Crippen MR) is 78.5 cm³/mol. The normalized spacial score (nSPS) is 17.0. The summed E-state index contributed by atoms with van der Waals surface area (Å²) in [5.74, 6) is -2.30. The quantitative estimate of drug-likeness (QED) is 0.800.